The van der Waals surface area contributed by atoms with Crippen molar-refractivity contribution in [3.05, 3.63) is 58.0 Å². The van der Waals surface area contributed by atoms with Crippen LogP contribution in [0, 0.1) is 18.6 Å². The molecule has 0 saturated carbocycles. The van der Waals surface area contributed by atoms with Crippen LogP contribution >= 0.6 is 11.6 Å². The third-order valence-corrected chi connectivity index (χ3v) is 5.04. The van der Waals surface area contributed by atoms with Crippen LogP contribution in [-0.4, -0.2) is 38.5 Å². The summed E-state index contributed by atoms with van der Waals surface area (Å²) in [5.74, 6) is -3.54. The maximum absolute atomic E-state index is 15.0. The Morgan fingerprint density at radius 2 is 1.88 bits per heavy atom. The number of aliphatic hydroxyl groups excluding tert-OH is 1. The lowest BCUT2D eigenvalue weighted by molar-refractivity contribution is -0.189. The standard InChI is InChI=1S/C21H18ClF5N4O3/c1-8-17(19(22)31-30-8)29-20(33)12-6-14(24)11(7-16(12)34-10(3)21(25,26)27)15-5-4-13(23)18(28-15)9(2)32/h4-7,9-10,32H,1-3H3,(H,29,33)(H,30,31). The van der Waals surface area contributed by atoms with Gasteiger partial charge in [-0.15, -0.1) is 0 Å². The van der Waals surface area contributed by atoms with Gasteiger partial charge in [-0.25, -0.2) is 13.8 Å². The molecule has 2 atom stereocenters. The van der Waals surface area contributed by atoms with E-state index in [1.165, 1.54) is 13.8 Å². The molecule has 0 spiro atoms. The first-order chi connectivity index (χ1) is 15.8. The van der Waals surface area contributed by atoms with Crippen molar-refractivity contribution in [3.8, 4) is 17.0 Å². The van der Waals surface area contributed by atoms with Gasteiger partial charge in [-0.1, -0.05) is 11.6 Å². The minimum Gasteiger partial charge on any atom is -0.480 e. The first-order valence-electron chi connectivity index (χ1n) is 9.73. The quantitative estimate of drug-likeness (QED) is 0.393. The summed E-state index contributed by atoms with van der Waals surface area (Å²) in [6, 6.07) is 3.51. The van der Waals surface area contributed by atoms with Crippen molar-refractivity contribution in [1.82, 2.24) is 15.2 Å². The SMILES string of the molecule is Cc1[nH]nc(Cl)c1NC(=O)c1cc(F)c(-c2ccc(F)c(C(C)O)n2)cc1OC(C)C(F)(F)F. The van der Waals surface area contributed by atoms with E-state index in [9.17, 15) is 27.5 Å². The fourth-order valence-corrected chi connectivity index (χ4v) is 3.14. The minimum atomic E-state index is -4.79. The van der Waals surface area contributed by atoms with Crippen molar-refractivity contribution < 1.29 is 36.6 Å². The van der Waals surface area contributed by atoms with Gasteiger partial charge in [0.15, 0.2) is 11.3 Å². The van der Waals surface area contributed by atoms with Gasteiger partial charge in [0.05, 0.1) is 23.1 Å². The summed E-state index contributed by atoms with van der Waals surface area (Å²) in [4.78, 5) is 16.7. The molecule has 2 unspecified atom stereocenters. The Kier molecular flexibility index (Phi) is 7.13. The Hall–Kier alpha value is -3.25. The summed E-state index contributed by atoms with van der Waals surface area (Å²) in [6.45, 7) is 3.48. The van der Waals surface area contributed by atoms with E-state index in [1.807, 2.05) is 0 Å². The molecule has 3 N–H and O–H groups in total. The Labute approximate surface area is 194 Å². The molecule has 2 aromatic heterocycles. The van der Waals surface area contributed by atoms with Crippen LogP contribution < -0.4 is 10.1 Å². The van der Waals surface area contributed by atoms with Crippen molar-refractivity contribution in [2.45, 2.75) is 39.2 Å². The van der Waals surface area contributed by atoms with Crippen LogP contribution in [0.5, 0.6) is 5.75 Å². The summed E-state index contributed by atoms with van der Waals surface area (Å²) < 4.78 is 73.4. The lowest BCUT2D eigenvalue weighted by Crippen LogP contribution is -2.32. The molecule has 2 heterocycles. The predicted octanol–water partition coefficient (Wildman–Crippen LogP) is 5.35. The Bertz CT molecular complexity index is 1210. The lowest BCUT2D eigenvalue weighted by atomic mass is 10.0. The molecule has 3 rings (SSSR count). The molecule has 0 aliphatic rings. The maximum Gasteiger partial charge on any atom is 0.425 e. The second-order valence-corrected chi connectivity index (χ2v) is 7.70. The number of ether oxygens (including phenoxy) is 1. The number of hydrogen-bond donors (Lipinski definition) is 3. The minimum absolute atomic E-state index is 0.0488. The zero-order chi connectivity index (χ0) is 25.4. The molecule has 34 heavy (non-hydrogen) atoms. The Balaban J connectivity index is 2.12. The van der Waals surface area contributed by atoms with Gasteiger partial charge in [0.25, 0.3) is 5.91 Å². The highest BCUT2D eigenvalue weighted by atomic mass is 35.5. The summed E-state index contributed by atoms with van der Waals surface area (Å²) in [6.07, 6.45) is -8.48. The number of aromatic amines is 1. The zero-order valence-corrected chi connectivity index (χ0v) is 18.6. The van der Waals surface area contributed by atoms with Gasteiger partial charge in [0, 0.05) is 5.56 Å². The van der Waals surface area contributed by atoms with Gasteiger partial charge in [-0.3, -0.25) is 9.89 Å². The predicted molar refractivity (Wildman–Crippen MR) is 113 cm³/mol. The molecule has 13 heteroatoms. The number of anilines is 1. The summed E-state index contributed by atoms with van der Waals surface area (Å²) in [7, 11) is 0. The normalized spacial score (nSPS) is 13.5. The number of carbonyl (C=O) groups excluding carboxylic acids is 1. The zero-order valence-electron chi connectivity index (χ0n) is 17.9. The van der Waals surface area contributed by atoms with Gasteiger partial charge >= 0.3 is 6.18 Å². The molecule has 7 nitrogen and oxygen atoms in total. The van der Waals surface area contributed by atoms with E-state index >= 15 is 4.39 Å². The van der Waals surface area contributed by atoms with E-state index in [0.717, 1.165) is 18.2 Å². The highest BCUT2D eigenvalue weighted by Gasteiger charge is 2.39. The number of benzene rings is 1. The molecule has 0 radical (unpaired) electrons. The molecule has 1 amide bonds. The number of aryl methyl sites for hydroxylation is 1. The molecule has 0 saturated heterocycles. The van der Waals surface area contributed by atoms with Gasteiger partial charge in [-0.2, -0.15) is 18.3 Å². The first kappa shape index (κ1) is 25.4. The molecule has 0 fully saturated rings. The number of H-pyrrole nitrogens is 1. The number of halogens is 6. The number of alkyl halides is 3. The summed E-state index contributed by atoms with van der Waals surface area (Å²) in [5, 5.41) is 18.1. The monoisotopic (exact) mass is 504 g/mol. The van der Waals surface area contributed by atoms with Gasteiger partial charge < -0.3 is 15.2 Å². The van der Waals surface area contributed by atoms with Crippen molar-refractivity contribution in [2.24, 2.45) is 0 Å². The van der Waals surface area contributed by atoms with Crippen LogP contribution in [0.1, 0.15) is 41.7 Å². The lowest BCUT2D eigenvalue weighted by Gasteiger charge is -2.20. The topological polar surface area (TPSA) is 100 Å². The highest BCUT2D eigenvalue weighted by molar-refractivity contribution is 6.33. The number of rotatable bonds is 6. The average Bonchev–Trinajstić information content (AvgIpc) is 3.06. The first-order valence-corrected chi connectivity index (χ1v) is 10.1. The van der Waals surface area contributed by atoms with E-state index in [2.05, 4.69) is 20.5 Å². The van der Waals surface area contributed by atoms with E-state index < -0.39 is 52.9 Å². The molecule has 1 aromatic carbocycles. The van der Waals surface area contributed by atoms with Crippen molar-refractivity contribution in [2.75, 3.05) is 5.32 Å². The van der Waals surface area contributed by atoms with Gasteiger partial charge in [0.1, 0.15) is 28.8 Å². The second-order valence-electron chi connectivity index (χ2n) is 7.34. The number of nitrogens with one attached hydrogen (secondary N) is 2. The number of amides is 1. The molecule has 3 aromatic rings. The molecule has 0 aliphatic carbocycles. The van der Waals surface area contributed by atoms with Gasteiger partial charge in [0.2, 0.25) is 0 Å². The van der Waals surface area contributed by atoms with Crippen molar-refractivity contribution in [3.63, 3.8) is 0 Å². The van der Waals surface area contributed by atoms with Crippen LogP contribution in [0.4, 0.5) is 27.6 Å². The molecule has 182 valence electrons. The van der Waals surface area contributed by atoms with E-state index in [-0.39, 0.29) is 22.1 Å². The van der Waals surface area contributed by atoms with Crippen molar-refractivity contribution >= 4 is 23.2 Å². The Morgan fingerprint density at radius 3 is 2.44 bits per heavy atom. The third-order valence-electron chi connectivity index (χ3n) is 4.76. The van der Waals surface area contributed by atoms with Gasteiger partial charge in [-0.05, 0) is 45.0 Å². The number of hydrogen-bond acceptors (Lipinski definition) is 5. The van der Waals surface area contributed by atoms with E-state index in [4.69, 9.17) is 16.3 Å². The Morgan fingerprint density at radius 1 is 1.21 bits per heavy atom. The smallest absolute Gasteiger partial charge is 0.425 e. The number of pyridine rings is 1. The van der Waals surface area contributed by atoms with E-state index in [1.54, 1.807) is 0 Å². The summed E-state index contributed by atoms with van der Waals surface area (Å²) >= 11 is 5.88. The largest absolute Gasteiger partial charge is 0.480 e. The van der Waals surface area contributed by atoms with Crippen LogP contribution in [-0.2, 0) is 0 Å². The number of carbonyl (C=O) groups is 1. The fraction of sp³-hybridized carbons (Fsp3) is 0.286. The number of aliphatic hydroxyl groups is 1. The number of nitrogens with zero attached hydrogens (tertiary/aromatic N) is 2. The van der Waals surface area contributed by atoms with Crippen LogP contribution in [0.15, 0.2) is 24.3 Å². The van der Waals surface area contributed by atoms with Crippen LogP contribution in [0.25, 0.3) is 11.3 Å². The molecule has 0 aliphatic heterocycles. The second kappa shape index (κ2) is 9.55. The summed E-state index contributed by atoms with van der Waals surface area (Å²) in [5.41, 5.74) is -1.13. The molecular formula is C21H18ClF5N4O3. The molecule has 0 bridgehead atoms. The van der Waals surface area contributed by atoms with E-state index in [0.29, 0.717) is 18.7 Å². The van der Waals surface area contributed by atoms with Crippen LogP contribution in [0.2, 0.25) is 5.15 Å². The maximum atomic E-state index is 15.0. The third kappa shape index (κ3) is 5.28. The van der Waals surface area contributed by atoms with Crippen molar-refractivity contribution in [1.29, 1.82) is 0 Å². The fourth-order valence-electron chi connectivity index (χ4n) is 2.91. The van der Waals surface area contributed by atoms with Crippen LogP contribution in [0.3, 0.4) is 0 Å². The number of aromatic nitrogens is 3. The average molecular weight is 505 g/mol. The molecular weight excluding hydrogens is 487 g/mol. The highest BCUT2D eigenvalue weighted by Crippen LogP contribution is 2.34.